The van der Waals surface area contributed by atoms with Crippen molar-refractivity contribution in [3.05, 3.63) is 6.42 Å². The van der Waals surface area contributed by atoms with Gasteiger partial charge < -0.3 is 16.1 Å². The minimum Gasteiger partial charge on any atom is -0.371 e. The third kappa shape index (κ3) is 6.34. The van der Waals surface area contributed by atoms with Crippen molar-refractivity contribution in [3.8, 4) is 0 Å². The predicted molar refractivity (Wildman–Crippen MR) is 42.4 cm³/mol. The largest absolute Gasteiger partial charge is 1.00 e. The number of rotatable bonds is 3. The summed E-state index contributed by atoms with van der Waals surface area (Å²) >= 11 is 0. The molecule has 0 aliphatic rings. The van der Waals surface area contributed by atoms with Gasteiger partial charge in [-0.1, -0.05) is 13.8 Å². The second kappa shape index (κ2) is 6.64. The zero-order valence-electron chi connectivity index (χ0n) is 8.22. The summed E-state index contributed by atoms with van der Waals surface area (Å²) in [5, 5.41) is 0. The first kappa shape index (κ1) is 13.5. The molecule has 0 N–H and O–H groups in total. The molecule has 0 radical (unpaired) electrons. The molecule has 0 saturated carbocycles. The molecule has 2 nitrogen and oxygen atoms in total. The molecule has 11 heavy (non-hydrogen) atoms. The van der Waals surface area contributed by atoms with Crippen LogP contribution in [0.1, 0.15) is 20.8 Å². The summed E-state index contributed by atoms with van der Waals surface area (Å²) in [6.45, 7) is 6.75. The van der Waals surface area contributed by atoms with Gasteiger partial charge in [-0.25, -0.2) is 0 Å². The Balaban J connectivity index is 0. The molecule has 0 rings (SSSR count). The van der Waals surface area contributed by atoms with Crippen LogP contribution in [0.2, 0.25) is 0 Å². The van der Waals surface area contributed by atoms with Gasteiger partial charge in [0.15, 0.2) is 0 Å². The SMILES string of the molecule is CCN(C)C(=O)[CH-]C(C)C.[Li+]. The van der Waals surface area contributed by atoms with E-state index in [9.17, 15) is 4.79 Å². The Hall–Kier alpha value is -0.0626. The Morgan fingerprint density at radius 2 is 2.00 bits per heavy atom. The maximum absolute atomic E-state index is 11.1. The molecule has 0 aliphatic heterocycles. The molecule has 0 saturated heterocycles. The van der Waals surface area contributed by atoms with E-state index in [1.54, 1.807) is 18.4 Å². The van der Waals surface area contributed by atoms with Gasteiger partial charge in [0.05, 0.1) is 5.91 Å². The number of nitrogens with zero attached hydrogens (tertiary/aromatic N) is 1. The van der Waals surface area contributed by atoms with Crippen LogP contribution < -0.4 is 18.9 Å². The van der Waals surface area contributed by atoms with E-state index < -0.39 is 0 Å². The number of carbonyl (C=O) groups is 1. The maximum Gasteiger partial charge on any atom is 1.00 e. The molecule has 3 heteroatoms. The molecule has 0 atom stereocenters. The second-order valence-electron chi connectivity index (χ2n) is 2.76. The first-order chi connectivity index (χ1) is 4.57. The van der Waals surface area contributed by atoms with E-state index in [1.165, 1.54) is 0 Å². The molecule has 0 bridgehead atoms. The summed E-state index contributed by atoms with van der Waals surface area (Å²) in [4.78, 5) is 12.7. The number of amides is 1. The van der Waals surface area contributed by atoms with Crippen LogP contribution in [0, 0.1) is 12.3 Å². The summed E-state index contributed by atoms with van der Waals surface area (Å²) in [6, 6.07) is 0. The van der Waals surface area contributed by atoms with Gasteiger partial charge >= 0.3 is 18.9 Å². The van der Waals surface area contributed by atoms with E-state index in [0.29, 0.717) is 5.92 Å². The normalized spacial score (nSPS) is 8.82. The van der Waals surface area contributed by atoms with Crippen LogP contribution in [0.15, 0.2) is 0 Å². The van der Waals surface area contributed by atoms with Crippen molar-refractivity contribution < 1.29 is 23.7 Å². The van der Waals surface area contributed by atoms with Crippen LogP contribution in [0.4, 0.5) is 0 Å². The first-order valence-corrected chi connectivity index (χ1v) is 3.67. The van der Waals surface area contributed by atoms with Crippen molar-refractivity contribution in [2.75, 3.05) is 13.6 Å². The quantitative estimate of drug-likeness (QED) is 0.347. The van der Waals surface area contributed by atoms with E-state index >= 15 is 0 Å². The summed E-state index contributed by atoms with van der Waals surface area (Å²) in [5.41, 5.74) is 0. The monoisotopic (exact) mass is 149 g/mol. The molecule has 0 aromatic heterocycles. The Morgan fingerprint density at radius 3 is 2.27 bits per heavy atom. The molecule has 60 valence electrons. The van der Waals surface area contributed by atoms with Crippen LogP contribution in [0.5, 0.6) is 0 Å². The van der Waals surface area contributed by atoms with Gasteiger partial charge in [-0.3, -0.25) is 0 Å². The Kier molecular flexibility index (Phi) is 8.16. The van der Waals surface area contributed by atoms with Crippen molar-refractivity contribution in [2.24, 2.45) is 5.92 Å². The molecule has 0 fully saturated rings. The van der Waals surface area contributed by atoms with E-state index in [4.69, 9.17) is 0 Å². The summed E-state index contributed by atoms with van der Waals surface area (Å²) in [6.07, 6.45) is 1.73. The fourth-order valence-electron chi connectivity index (χ4n) is 0.568. The molecular formula is C8H16LiNO. The van der Waals surface area contributed by atoms with Gasteiger partial charge in [-0.05, 0) is 6.92 Å². The van der Waals surface area contributed by atoms with Gasteiger partial charge in [0.25, 0.3) is 0 Å². The van der Waals surface area contributed by atoms with Gasteiger partial charge in [0.1, 0.15) is 0 Å². The summed E-state index contributed by atoms with van der Waals surface area (Å²) in [5.74, 6) is 0.471. The van der Waals surface area contributed by atoms with Gasteiger partial charge in [0, 0.05) is 13.6 Å². The first-order valence-electron chi connectivity index (χ1n) is 3.67. The molecule has 0 spiro atoms. The van der Waals surface area contributed by atoms with E-state index in [0.717, 1.165) is 6.54 Å². The van der Waals surface area contributed by atoms with Crippen molar-refractivity contribution in [3.63, 3.8) is 0 Å². The van der Waals surface area contributed by atoms with E-state index in [2.05, 4.69) is 0 Å². The molecule has 1 amide bonds. The summed E-state index contributed by atoms with van der Waals surface area (Å²) in [7, 11) is 1.81. The number of hydrogen-bond donors (Lipinski definition) is 0. The van der Waals surface area contributed by atoms with Crippen LogP contribution in [-0.4, -0.2) is 24.4 Å². The molecule has 0 heterocycles. The topological polar surface area (TPSA) is 20.3 Å². The van der Waals surface area contributed by atoms with E-state index in [1.807, 2.05) is 20.8 Å². The average molecular weight is 149 g/mol. The van der Waals surface area contributed by atoms with Gasteiger partial charge in [0.2, 0.25) is 0 Å². The van der Waals surface area contributed by atoms with Gasteiger partial charge in [-0.2, -0.15) is 5.92 Å². The van der Waals surface area contributed by atoms with Crippen LogP contribution in [0.25, 0.3) is 0 Å². The Labute approximate surface area is 81.5 Å². The number of carbonyl (C=O) groups excluding carboxylic acids is 1. The third-order valence-corrected chi connectivity index (χ3v) is 1.33. The van der Waals surface area contributed by atoms with Crippen molar-refractivity contribution in [1.29, 1.82) is 0 Å². The molecule has 0 unspecified atom stereocenters. The molecule has 0 aromatic carbocycles. The smallest absolute Gasteiger partial charge is 0.371 e. The van der Waals surface area contributed by atoms with Crippen molar-refractivity contribution in [2.45, 2.75) is 20.8 Å². The molecule has 0 aliphatic carbocycles. The Bertz CT molecular complexity index is 115. The van der Waals surface area contributed by atoms with Crippen LogP contribution in [-0.2, 0) is 4.79 Å². The Morgan fingerprint density at radius 1 is 1.55 bits per heavy atom. The molecule has 0 aromatic rings. The second-order valence-corrected chi connectivity index (χ2v) is 2.76. The maximum atomic E-state index is 11.1. The standard InChI is InChI=1S/C8H16NO.Li/c1-5-9(4)8(10)6-7(2)3;/h6-7H,5H2,1-4H3;/q-1;+1. The minimum absolute atomic E-state index is 0. The van der Waals surface area contributed by atoms with E-state index in [-0.39, 0.29) is 24.8 Å². The van der Waals surface area contributed by atoms with Crippen LogP contribution >= 0.6 is 0 Å². The third-order valence-electron chi connectivity index (χ3n) is 1.33. The fraction of sp³-hybridized carbons (Fsp3) is 0.750. The minimum atomic E-state index is 0. The molecular weight excluding hydrogens is 133 g/mol. The summed E-state index contributed by atoms with van der Waals surface area (Å²) < 4.78 is 0. The fourth-order valence-corrected chi connectivity index (χ4v) is 0.568. The van der Waals surface area contributed by atoms with Crippen LogP contribution in [0.3, 0.4) is 0 Å². The predicted octanol–water partition coefficient (Wildman–Crippen LogP) is -1.67. The van der Waals surface area contributed by atoms with Crippen molar-refractivity contribution >= 4 is 5.91 Å². The van der Waals surface area contributed by atoms with Crippen molar-refractivity contribution in [1.82, 2.24) is 4.90 Å². The average Bonchev–Trinajstić information content (AvgIpc) is 1.85. The zero-order chi connectivity index (χ0) is 8.15. The van der Waals surface area contributed by atoms with Gasteiger partial charge in [-0.15, -0.1) is 0 Å². The number of hydrogen-bond acceptors (Lipinski definition) is 1. The zero-order valence-corrected chi connectivity index (χ0v) is 8.22.